The predicted molar refractivity (Wildman–Crippen MR) is 295 cm³/mol. The van der Waals surface area contributed by atoms with Gasteiger partial charge in [0.2, 0.25) is 0 Å². The summed E-state index contributed by atoms with van der Waals surface area (Å²) in [5.41, 5.74) is 17.8. The van der Waals surface area contributed by atoms with Crippen molar-refractivity contribution in [2.75, 3.05) is 9.80 Å². The summed E-state index contributed by atoms with van der Waals surface area (Å²) < 4.78 is 4.87. The van der Waals surface area contributed by atoms with E-state index in [0.29, 0.717) is 0 Å². The molecule has 13 rings (SSSR count). The van der Waals surface area contributed by atoms with Gasteiger partial charge >= 0.3 is 0 Å². The number of fused-ring (bicyclic) bond motifs is 6. The van der Waals surface area contributed by atoms with E-state index in [1.165, 1.54) is 38.1 Å². The highest BCUT2D eigenvalue weighted by molar-refractivity contribution is 6.20. The fourth-order valence-electron chi connectivity index (χ4n) is 10.7. The van der Waals surface area contributed by atoms with E-state index in [1.807, 2.05) is 0 Å². The lowest BCUT2D eigenvalue weighted by molar-refractivity contribution is 1.18. The zero-order valence-corrected chi connectivity index (χ0v) is 38.3. The van der Waals surface area contributed by atoms with Gasteiger partial charge in [-0.25, -0.2) is 0 Å². The molecule has 13 aromatic rings. The van der Waals surface area contributed by atoms with Gasteiger partial charge in [0.15, 0.2) is 0 Å². The predicted octanol–water partition coefficient (Wildman–Crippen LogP) is 18.2. The van der Waals surface area contributed by atoms with E-state index in [0.717, 1.165) is 73.2 Å². The zero-order chi connectivity index (χ0) is 46.4. The maximum absolute atomic E-state index is 2.46. The van der Waals surface area contributed by atoms with Gasteiger partial charge in [-0.2, -0.15) is 0 Å². The average Bonchev–Trinajstić information content (AvgIpc) is 3.96. The number of hydrogen-bond donors (Lipinski definition) is 0. The third-order valence-corrected chi connectivity index (χ3v) is 13.6. The van der Waals surface area contributed by atoms with E-state index in [-0.39, 0.29) is 0 Å². The molecule has 0 spiro atoms. The van der Waals surface area contributed by atoms with Crippen LogP contribution in [0.2, 0.25) is 0 Å². The Morgan fingerprint density at radius 3 is 1.04 bits per heavy atom. The van der Waals surface area contributed by atoms with Crippen molar-refractivity contribution in [3.05, 3.63) is 279 Å². The second-order valence-electron chi connectivity index (χ2n) is 17.7. The molecule has 70 heavy (non-hydrogen) atoms. The molecular formula is C66H46N4. The summed E-state index contributed by atoms with van der Waals surface area (Å²) in [5, 5.41) is 4.83. The molecule has 0 saturated heterocycles. The third kappa shape index (κ3) is 7.01. The molecular weight excluding hydrogens is 849 g/mol. The minimum absolute atomic E-state index is 1.04. The first-order valence-corrected chi connectivity index (χ1v) is 23.9. The van der Waals surface area contributed by atoms with Crippen LogP contribution in [0.1, 0.15) is 0 Å². The first-order valence-electron chi connectivity index (χ1n) is 23.9. The lowest BCUT2D eigenvalue weighted by atomic mass is 9.91. The van der Waals surface area contributed by atoms with Crippen molar-refractivity contribution < 1.29 is 0 Å². The Labute approximate surface area is 407 Å². The Hall–Kier alpha value is -9.38. The minimum atomic E-state index is 1.04. The number of anilines is 6. The van der Waals surface area contributed by atoms with Crippen molar-refractivity contribution in [2.24, 2.45) is 0 Å². The molecule has 2 heterocycles. The highest BCUT2D eigenvalue weighted by Crippen LogP contribution is 2.48. The number of benzene rings is 11. The summed E-state index contributed by atoms with van der Waals surface area (Å²) in [5.74, 6) is 0. The van der Waals surface area contributed by atoms with Gasteiger partial charge in [0.25, 0.3) is 0 Å². The van der Waals surface area contributed by atoms with Gasteiger partial charge in [-0.3, -0.25) is 0 Å². The van der Waals surface area contributed by atoms with Crippen LogP contribution >= 0.6 is 0 Å². The van der Waals surface area contributed by atoms with Crippen LogP contribution in [-0.2, 0) is 0 Å². The van der Waals surface area contributed by atoms with Crippen LogP contribution in [0, 0.1) is 0 Å². The van der Waals surface area contributed by atoms with Crippen molar-refractivity contribution in [1.29, 1.82) is 0 Å². The Balaban J connectivity index is 1.17. The van der Waals surface area contributed by atoms with Crippen molar-refractivity contribution >= 4 is 77.7 Å². The fraction of sp³-hybridized carbons (Fsp3) is 0. The van der Waals surface area contributed by atoms with Crippen LogP contribution in [0.5, 0.6) is 0 Å². The lowest BCUT2D eigenvalue weighted by Crippen LogP contribution is -2.13. The normalized spacial score (nSPS) is 11.4. The van der Waals surface area contributed by atoms with Crippen LogP contribution in [0.4, 0.5) is 34.1 Å². The van der Waals surface area contributed by atoms with Crippen molar-refractivity contribution in [2.45, 2.75) is 0 Å². The Kier molecular flexibility index (Phi) is 10.1. The standard InChI is InChI=1S/C66H46N4/c1-7-24-49(25-8-1)67(50-26-9-2-10-27-50)55-42-47(43-56(46-55)68(51-28-11-3-12-29-51)52-30-13-4-14-31-52)60-44-48(45-64-66(60)59-37-20-22-40-62(59)70(64)54-34-17-6-18-35-54)57-38-23-41-63-65(57)58-36-19-21-39-61(58)69(63)53-32-15-5-16-33-53/h1-46H. The molecule has 0 aliphatic heterocycles. The summed E-state index contributed by atoms with van der Waals surface area (Å²) in [4.78, 5) is 4.77. The van der Waals surface area contributed by atoms with Gasteiger partial charge in [-0.05, 0) is 144 Å². The van der Waals surface area contributed by atoms with Gasteiger partial charge in [-0.1, -0.05) is 158 Å². The summed E-state index contributed by atoms with van der Waals surface area (Å²) in [6, 6.07) is 101. The second kappa shape index (κ2) is 17.4. The van der Waals surface area contributed by atoms with Crippen molar-refractivity contribution in [1.82, 2.24) is 9.13 Å². The van der Waals surface area contributed by atoms with Gasteiger partial charge in [0.1, 0.15) is 0 Å². The molecule has 0 N–H and O–H groups in total. The Morgan fingerprint density at radius 2 is 0.586 bits per heavy atom. The molecule has 0 fully saturated rings. The summed E-state index contributed by atoms with van der Waals surface area (Å²) in [7, 11) is 0. The van der Waals surface area contributed by atoms with Crippen molar-refractivity contribution in [3.8, 4) is 33.6 Å². The van der Waals surface area contributed by atoms with Gasteiger partial charge < -0.3 is 18.9 Å². The second-order valence-corrected chi connectivity index (χ2v) is 17.7. The topological polar surface area (TPSA) is 16.3 Å². The van der Waals surface area contributed by atoms with E-state index >= 15 is 0 Å². The minimum Gasteiger partial charge on any atom is -0.310 e. The monoisotopic (exact) mass is 894 g/mol. The molecule has 0 saturated carbocycles. The molecule has 330 valence electrons. The molecule has 4 nitrogen and oxygen atoms in total. The molecule has 0 aliphatic carbocycles. The maximum atomic E-state index is 2.46. The number of hydrogen-bond acceptors (Lipinski definition) is 2. The number of nitrogens with zero attached hydrogens (tertiary/aromatic N) is 4. The van der Waals surface area contributed by atoms with Crippen LogP contribution < -0.4 is 9.80 Å². The largest absolute Gasteiger partial charge is 0.310 e. The number of rotatable bonds is 10. The molecule has 0 aliphatic rings. The summed E-state index contributed by atoms with van der Waals surface area (Å²) in [6.07, 6.45) is 0. The quantitative estimate of drug-likeness (QED) is 0.136. The Morgan fingerprint density at radius 1 is 0.229 bits per heavy atom. The zero-order valence-electron chi connectivity index (χ0n) is 38.3. The lowest BCUT2D eigenvalue weighted by Gasteiger charge is -2.30. The first-order chi connectivity index (χ1) is 34.8. The molecule has 0 unspecified atom stereocenters. The SMILES string of the molecule is c1ccc(N(c2ccccc2)c2cc(-c3cc(-c4cccc5c4c4ccccc4n5-c4ccccc4)cc4c3c3ccccc3n4-c3ccccc3)cc(N(c3ccccc3)c3ccccc3)c2)cc1. The average molecular weight is 895 g/mol. The van der Waals surface area contributed by atoms with Gasteiger partial charge in [0, 0.05) is 67.0 Å². The smallest absolute Gasteiger partial charge is 0.0553 e. The molecule has 0 bridgehead atoms. The van der Waals surface area contributed by atoms with Gasteiger partial charge in [-0.15, -0.1) is 0 Å². The van der Waals surface area contributed by atoms with Crippen LogP contribution in [0.15, 0.2) is 279 Å². The van der Waals surface area contributed by atoms with Crippen molar-refractivity contribution in [3.63, 3.8) is 0 Å². The molecule has 0 atom stereocenters. The number of para-hydroxylation sites is 8. The highest BCUT2D eigenvalue weighted by Gasteiger charge is 2.24. The van der Waals surface area contributed by atoms with Crippen LogP contribution in [0.3, 0.4) is 0 Å². The molecule has 0 radical (unpaired) electrons. The molecule has 0 amide bonds. The number of aromatic nitrogens is 2. The van der Waals surface area contributed by atoms with E-state index < -0.39 is 0 Å². The third-order valence-electron chi connectivity index (χ3n) is 13.6. The van der Waals surface area contributed by atoms with E-state index in [4.69, 9.17) is 0 Å². The van der Waals surface area contributed by atoms with E-state index in [1.54, 1.807) is 0 Å². The maximum Gasteiger partial charge on any atom is 0.0553 e. The summed E-state index contributed by atoms with van der Waals surface area (Å²) >= 11 is 0. The van der Waals surface area contributed by atoms with E-state index in [9.17, 15) is 0 Å². The first kappa shape index (κ1) is 40.9. The molecule has 2 aromatic heterocycles. The molecule has 11 aromatic carbocycles. The summed E-state index contributed by atoms with van der Waals surface area (Å²) in [6.45, 7) is 0. The van der Waals surface area contributed by atoms with Gasteiger partial charge in [0.05, 0.1) is 22.1 Å². The molecule has 4 heteroatoms. The van der Waals surface area contributed by atoms with E-state index in [2.05, 4.69) is 298 Å². The fourth-order valence-corrected chi connectivity index (χ4v) is 10.7. The van der Waals surface area contributed by atoms with Crippen LogP contribution in [-0.4, -0.2) is 9.13 Å². The van der Waals surface area contributed by atoms with Crippen LogP contribution in [0.25, 0.3) is 77.2 Å². The Bertz CT molecular complexity index is 3800. The highest BCUT2D eigenvalue weighted by atomic mass is 15.2.